The second kappa shape index (κ2) is 8.97. The molecule has 33 heavy (non-hydrogen) atoms. The van der Waals surface area contributed by atoms with Gasteiger partial charge in [0.1, 0.15) is 24.0 Å². The molecule has 3 aliphatic heterocycles. The molecule has 0 unspecified atom stereocenters. The van der Waals surface area contributed by atoms with Crippen LogP contribution in [0.15, 0.2) is 45.3 Å². The summed E-state index contributed by atoms with van der Waals surface area (Å²) in [7, 11) is 0. The Morgan fingerprint density at radius 2 is 2.09 bits per heavy atom. The number of nitrogens with zero attached hydrogens (tertiary/aromatic N) is 3. The molecule has 10 heteroatoms. The zero-order valence-electron chi connectivity index (χ0n) is 18.7. The van der Waals surface area contributed by atoms with E-state index in [0.29, 0.717) is 28.7 Å². The molecule has 1 aromatic carbocycles. The third kappa shape index (κ3) is 4.50. The highest BCUT2D eigenvalue weighted by Gasteiger charge is 2.33. The fourth-order valence-corrected chi connectivity index (χ4v) is 4.15. The van der Waals surface area contributed by atoms with Gasteiger partial charge in [-0.3, -0.25) is 9.59 Å². The summed E-state index contributed by atoms with van der Waals surface area (Å²) in [6, 6.07) is 3.68. The van der Waals surface area contributed by atoms with E-state index in [1.807, 2.05) is 6.92 Å². The van der Waals surface area contributed by atoms with Crippen molar-refractivity contribution in [2.45, 2.75) is 33.2 Å². The average Bonchev–Trinajstić information content (AvgIpc) is 3.12. The molecular formula is C23H25ClFN5O3. The van der Waals surface area contributed by atoms with Crippen LogP contribution in [0.1, 0.15) is 37.6 Å². The van der Waals surface area contributed by atoms with Crippen LogP contribution in [0.25, 0.3) is 0 Å². The molecule has 2 N–H and O–H groups in total. The molecule has 0 radical (unpaired) electrons. The molecule has 0 aliphatic carbocycles. The predicted octanol–water partition coefficient (Wildman–Crippen LogP) is 3.05. The summed E-state index contributed by atoms with van der Waals surface area (Å²) in [5.41, 5.74) is 2.44. The van der Waals surface area contributed by atoms with E-state index in [2.05, 4.69) is 10.3 Å². The van der Waals surface area contributed by atoms with E-state index in [1.54, 1.807) is 11.8 Å². The van der Waals surface area contributed by atoms with Crippen LogP contribution >= 0.6 is 11.6 Å². The van der Waals surface area contributed by atoms with E-state index in [1.165, 1.54) is 30.0 Å². The minimum atomic E-state index is -0.522. The average molecular weight is 474 g/mol. The number of rotatable bonds is 4. The van der Waals surface area contributed by atoms with Crippen LogP contribution in [0.4, 0.5) is 4.39 Å². The Hall–Kier alpha value is -3.20. The van der Waals surface area contributed by atoms with Crippen LogP contribution in [-0.4, -0.2) is 65.3 Å². The monoisotopic (exact) mass is 473 g/mol. The zero-order valence-corrected chi connectivity index (χ0v) is 19.4. The van der Waals surface area contributed by atoms with Gasteiger partial charge in [0.2, 0.25) is 5.91 Å². The van der Waals surface area contributed by atoms with Crippen molar-refractivity contribution in [3.8, 4) is 5.75 Å². The molecule has 1 aromatic rings. The van der Waals surface area contributed by atoms with Crippen LogP contribution in [0.2, 0.25) is 0 Å². The van der Waals surface area contributed by atoms with Crippen molar-refractivity contribution in [2.75, 3.05) is 26.2 Å². The molecule has 4 rings (SSSR count). The molecule has 2 fully saturated rings. The molecule has 0 spiro atoms. The number of carbonyl (C=O) groups excluding carboxylic acids is 2. The maximum absolute atomic E-state index is 13.9. The van der Waals surface area contributed by atoms with E-state index < -0.39 is 5.82 Å². The van der Waals surface area contributed by atoms with E-state index in [9.17, 15) is 14.0 Å². The highest BCUT2D eigenvalue weighted by Crippen LogP contribution is 2.28. The first-order chi connectivity index (χ1) is 15.7. The molecule has 3 aliphatic rings. The van der Waals surface area contributed by atoms with Crippen molar-refractivity contribution in [1.82, 2.24) is 15.1 Å². The summed E-state index contributed by atoms with van der Waals surface area (Å²) in [6.07, 6.45) is 0.795. The normalized spacial score (nSPS) is 22.8. The lowest BCUT2D eigenvalue weighted by molar-refractivity contribution is -0.137. The highest BCUT2D eigenvalue weighted by atomic mass is 35.5. The summed E-state index contributed by atoms with van der Waals surface area (Å²) >= 11 is 6.19. The zero-order chi connectivity index (χ0) is 23.9. The lowest BCUT2D eigenvalue weighted by Gasteiger charge is -2.40. The minimum absolute atomic E-state index is 0.0397. The predicted molar refractivity (Wildman–Crippen MR) is 123 cm³/mol. The first kappa shape index (κ1) is 23.0. The Labute approximate surface area is 196 Å². The van der Waals surface area contributed by atoms with Gasteiger partial charge in [-0.05, 0) is 32.4 Å². The third-order valence-corrected chi connectivity index (χ3v) is 6.58. The number of allylic oxidation sites excluding steroid dienone is 2. The molecule has 174 valence electrons. The minimum Gasteiger partial charge on any atom is -0.490 e. The van der Waals surface area contributed by atoms with Crippen molar-refractivity contribution in [2.24, 2.45) is 4.99 Å². The van der Waals surface area contributed by atoms with E-state index in [0.717, 1.165) is 12.1 Å². The van der Waals surface area contributed by atoms with E-state index in [-0.39, 0.29) is 54.6 Å². The quantitative estimate of drug-likeness (QED) is 0.702. The van der Waals surface area contributed by atoms with Crippen molar-refractivity contribution < 1.29 is 18.7 Å². The Balaban J connectivity index is 1.53. The number of hydrogen-bond acceptors (Lipinski definition) is 6. The van der Waals surface area contributed by atoms with Gasteiger partial charge in [-0.15, -0.1) is 0 Å². The van der Waals surface area contributed by atoms with Gasteiger partial charge in [0.25, 0.3) is 5.91 Å². The largest absolute Gasteiger partial charge is 0.490 e. The summed E-state index contributed by atoms with van der Waals surface area (Å²) in [6.45, 7) is 6.23. The Morgan fingerprint density at radius 1 is 1.33 bits per heavy atom. The molecule has 0 saturated carbocycles. The standard InChI is InChI=1S/C23H25ClFN5O3/c1-12-21(24)13(2)28-22(27-12)18-9-29(10-19(18)26)23(32)17-5-4-15(25)8-20(17)33-11-16-6-7-30(16)14(3)31/h4-5,8,16,26-27H,6-7,9-11H2,1-3H3/b22-18+,26-19?/t16-/m0/s1. The number of ether oxygens (including phenoxy) is 1. The topological polar surface area (TPSA) is 98.1 Å². The Morgan fingerprint density at radius 3 is 2.73 bits per heavy atom. The van der Waals surface area contributed by atoms with Gasteiger partial charge >= 0.3 is 0 Å². The lowest BCUT2D eigenvalue weighted by Crippen LogP contribution is -2.53. The molecule has 0 bridgehead atoms. The maximum Gasteiger partial charge on any atom is 0.258 e. The van der Waals surface area contributed by atoms with Crippen LogP contribution in [0.5, 0.6) is 5.75 Å². The van der Waals surface area contributed by atoms with Gasteiger partial charge in [0.15, 0.2) is 0 Å². The SMILES string of the molecule is CC(=O)N1CC[C@H]1COc1cc(F)ccc1C(=O)N1CC(=N)/C(=C2/N=C(C)C(Cl)=C(C)N2)C1. The van der Waals surface area contributed by atoms with Crippen LogP contribution in [-0.2, 0) is 4.79 Å². The lowest BCUT2D eigenvalue weighted by atomic mass is 10.0. The van der Waals surface area contributed by atoms with Crippen LogP contribution in [0.3, 0.4) is 0 Å². The second-order valence-corrected chi connectivity index (χ2v) is 8.71. The number of carbonyl (C=O) groups is 2. The molecule has 1 atom stereocenters. The van der Waals surface area contributed by atoms with Crippen LogP contribution in [0, 0.1) is 11.2 Å². The number of hydrogen-bond donors (Lipinski definition) is 2. The molecule has 2 amide bonds. The second-order valence-electron chi connectivity index (χ2n) is 8.33. The molecule has 2 saturated heterocycles. The fraction of sp³-hybridized carbons (Fsp3) is 0.391. The number of halogens is 2. The summed E-state index contributed by atoms with van der Waals surface area (Å²) in [5.74, 6) is -0.310. The van der Waals surface area contributed by atoms with Crippen molar-refractivity contribution >= 4 is 34.8 Å². The molecular weight excluding hydrogens is 449 g/mol. The Bertz CT molecular complexity index is 1140. The van der Waals surface area contributed by atoms with Gasteiger partial charge in [-0.25, -0.2) is 9.38 Å². The highest BCUT2D eigenvalue weighted by molar-refractivity contribution is 6.43. The van der Waals surface area contributed by atoms with Crippen molar-refractivity contribution in [3.05, 3.63) is 51.7 Å². The first-order valence-corrected chi connectivity index (χ1v) is 11.0. The van der Waals surface area contributed by atoms with Gasteiger partial charge in [-0.2, -0.15) is 0 Å². The van der Waals surface area contributed by atoms with Gasteiger partial charge in [0.05, 0.1) is 41.2 Å². The molecule has 0 aromatic heterocycles. The molecule has 3 heterocycles. The number of nitrogens with one attached hydrogen (secondary N) is 2. The van der Waals surface area contributed by atoms with E-state index in [4.69, 9.17) is 21.7 Å². The van der Waals surface area contributed by atoms with Gasteiger partial charge in [0, 0.05) is 30.8 Å². The maximum atomic E-state index is 13.9. The third-order valence-electron chi connectivity index (χ3n) is 6.02. The summed E-state index contributed by atoms with van der Waals surface area (Å²) < 4.78 is 19.7. The smallest absolute Gasteiger partial charge is 0.258 e. The van der Waals surface area contributed by atoms with Crippen molar-refractivity contribution in [1.29, 1.82) is 5.41 Å². The number of benzene rings is 1. The van der Waals surface area contributed by atoms with Gasteiger partial charge in [-0.1, -0.05) is 11.6 Å². The summed E-state index contributed by atoms with van der Waals surface area (Å²) in [5, 5.41) is 12.0. The van der Waals surface area contributed by atoms with Gasteiger partial charge < -0.3 is 25.3 Å². The van der Waals surface area contributed by atoms with Crippen molar-refractivity contribution in [3.63, 3.8) is 0 Å². The van der Waals surface area contributed by atoms with Crippen LogP contribution < -0.4 is 10.1 Å². The Kier molecular flexibility index (Phi) is 6.25. The fourth-order valence-electron chi connectivity index (χ4n) is 4.06. The number of aliphatic imine (C=N–C) groups is 1. The first-order valence-electron chi connectivity index (χ1n) is 10.6. The number of likely N-dealkylation sites (tertiary alicyclic amines) is 2. The molecule has 8 nitrogen and oxygen atoms in total. The van der Waals surface area contributed by atoms with E-state index >= 15 is 0 Å². The summed E-state index contributed by atoms with van der Waals surface area (Å²) in [4.78, 5) is 32.5. The number of amides is 2.